The van der Waals surface area contributed by atoms with Crippen molar-refractivity contribution >= 4 is 46.7 Å². The van der Waals surface area contributed by atoms with Gasteiger partial charge in [-0.3, -0.25) is 4.79 Å². The van der Waals surface area contributed by atoms with E-state index in [1.165, 1.54) is 0 Å². The maximum absolute atomic E-state index is 12.4. The van der Waals surface area contributed by atoms with Gasteiger partial charge in [-0.2, -0.15) is 5.10 Å². The van der Waals surface area contributed by atoms with Crippen LogP contribution in [-0.4, -0.2) is 35.0 Å². The number of nitrogens with one attached hydrogen (secondary N) is 2. The number of aromatic nitrogens is 2. The number of amides is 1. The summed E-state index contributed by atoms with van der Waals surface area (Å²) in [7, 11) is 0. The maximum atomic E-state index is 12.4. The molecule has 136 valence electrons. The lowest BCUT2D eigenvalue weighted by molar-refractivity contribution is -0.119. The highest BCUT2D eigenvalue weighted by Crippen LogP contribution is 2.30. The van der Waals surface area contributed by atoms with E-state index in [1.54, 1.807) is 11.8 Å². The van der Waals surface area contributed by atoms with Crippen LogP contribution in [0.1, 0.15) is 6.42 Å². The molecule has 7 heteroatoms. The molecule has 1 fully saturated rings. The Morgan fingerprint density at radius 3 is 2.77 bits per heavy atom. The topological polar surface area (TPSA) is 59.0 Å². The van der Waals surface area contributed by atoms with Crippen LogP contribution in [-0.2, 0) is 4.79 Å². The van der Waals surface area contributed by atoms with Crippen LogP contribution >= 0.6 is 24.2 Å². The van der Waals surface area contributed by atoms with E-state index in [0.29, 0.717) is 0 Å². The highest BCUT2D eigenvalue weighted by Gasteiger charge is 2.22. The van der Waals surface area contributed by atoms with Crippen LogP contribution in [0.25, 0.3) is 16.6 Å². The van der Waals surface area contributed by atoms with Crippen molar-refractivity contribution in [1.29, 1.82) is 0 Å². The number of thioether (sulfide) groups is 1. The first kappa shape index (κ1) is 18.8. The van der Waals surface area contributed by atoms with E-state index in [-0.39, 0.29) is 24.2 Å². The molecule has 5 nitrogen and oxygen atoms in total. The number of carbonyl (C=O) groups is 1. The van der Waals surface area contributed by atoms with Crippen molar-refractivity contribution < 1.29 is 4.79 Å². The smallest absolute Gasteiger partial charge is 0.228 e. The Hall–Kier alpha value is -2.02. The van der Waals surface area contributed by atoms with Gasteiger partial charge < -0.3 is 10.6 Å². The van der Waals surface area contributed by atoms with Crippen molar-refractivity contribution in [2.24, 2.45) is 5.92 Å². The maximum Gasteiger partial charge on any atom is 0.228 e. The van der Waals surface area contributed by atoms with Gasteiger partial charge in [-0.25, -0.2) is 4.68 Å². The predicted molar refractivity (Wildman–Crippen MR) is 110 cm³/mol. The summed E-state index contributed by atoms with van der Waals surface area (Å²) in [5, 5.41) is 13.1. The normalized spacial score (nSPS) is 16.4. The van der Waals surface area contributed by atoms with Crippen LogP contribution < -0.4 is 10.6 Å². The van der Waals surface area contributed by atoms with Crippen molar-refractivity contribution in [2.45, 2.75) is 11.4 Å². The van der Waals surface area contributed by atoms with Gasteiger partial charge >= 0.3 is 0 Å². The molecule has 4 rings (SSSR count). The van der Waals surface area contributed by atoms with Crippen LogP contribution in [0.15, 0.2) is 53.6 Å². The lowest BCUT2D eigenvalue weighted by Crippen LogP contribution is -2.24. The van der Waals surface area contributed by atoms with Crippen molar-refractivity contribution in [1.82, 2.24) is 15.1 Å². The van der Waals surface area contributed by atoms with Gasteiger partial charge in [-0.1, -0.05) is 18.2 Å². The van der Waals surface area contributed by atoms with Crippen LogP contribution in [0.2, 0.25) is 0 Å². The summed E-state index contributed by atoms with van der Waals surface area (Å²) in [6.45, 7) is 1.67. The molecular formula is C19H21ClN4OS. The quantitative estimate of drug-likeness (QED) is 0.669. The van der Waals surface area contributed by atoms with Crippen LogP contribution in [0.4, 0.5) is 5.69 Å². The van der Waals surface area contributed by atoms with Crippen molar-refractivity contribution in [3.63, 3.8) is 0 Å². The van der Waals surface area contributed by atoms with Crippen molar-refractivity contribution in [2.75, 3.05) is 24.7 Å². The minimum absolute atomic E-state index is 0. The number of anilines is 1. The Morgan fingerprint density at radius 2 is 2.08 bits per heavy atom. The molecule has 1 unspecified atom stereocenters. The number of benzene rings is 2. The molecule has 0 spiro atoms. The first-order chi connectivity index (χ1) is 12.3. The molecule has 26 heavy (non-hydrogen) atoms. The molecule has 2 heterocycles. The van der Waals surface area contributed by atoms with E-state index >= 15 is 0 Å². The second-order valence-electron chi connectivity index (χ2n) is 6.17. The number of hydrogen-bond acceptors (Lipinski definition) is 4. The summed E-state index contributed by atoms with van der Waals surface area (Å²) in [5.74, 6) is 0.136. The third kappa shape index (κ3) is 3.58. The van der Waals surface area contributed by atoms with Gasteiger partial charge in [-0.05, 0) is 49.6 Å². The molecule has 0 aliphatic carbocycles. The molecule has 1 aliphatic heterocycles. The zero-order valence-electron chi connectivity index (χ0n) is 14.4. The largest absolute Gasteiger partial charge is 0.326 e. The number of para-hydroxylation sites is 1. The third-order valence-electron chi connectivity index (χ3n) is 4.54. The fourth-order valence-corrected chi connectivity index (χ4v) is 3.76. The van der Waals surface area contributed by atoms with Gasteiger partial charge in [0.25, 0.3) is 0 Å². The molecule has 1 amide bonds. The lowest BCUT2D eigenvalue weighted by atomic mass is 10.1. The van der Waals surface area contributed by atoms with Gasteiger partial charge in [-0.15, -0.1) is 24.2 Å². The Labute approximate surface area is 162 Å². The fourth-order valence-electron chi connectivity index (χ4n) is 3.20. The van der Waals surface area contributed by atoms with Crippen molar-refractivity contribution in [3.05, 3.63) is 48.5 Å². The number of fused-ring (bicyclic) bond motifs is 1. The van der Waals surface area contributed by atoms with E-state index < -0.39 is 0 Å². The summed E-state index contributed by atoms with van der Waals surface area (Å²) >= 11 is 1.63. The molecule has 3 aromatic rings. The number of hydrogen-bond donors (Lipinski definition) is 2. The first-order valence-electron chi connectivity index (χ1n) is 8.40. The molecule has 1 aliphatic rings. The molecule has 0 saturated carbocycles. The first-order valence-corrected chi connectivity index (χ1v) is 9.62. The van der Waals surface area contributed by atoms with Gasteiger partial charge in [0.1, 0.15) is 5.03 Å². The predicted octanol–water partition coefficient (Wildman–Crippen LogP) is 3.72. The molecular weight excluding hydrogens is 368 g/mol. The van der Waals surface area contributed by atoms with Gasteiger partial charge in [0, 0.05) is 17.6 Å². The summed E-state index contributed by atoms with van der Waals surface area (Å²) < 4.78 is 1.94. The van der Waals surface area contributed by atoms with Gasteiger partial charge in [0.2, 0.25) is 5.91 Å². The van der Waals surface area contributed by atoms with Gasteiger partial charge in [0.05, 0.1) is 17.1 Å². The summed E-state index contributed by atoms with van der Waals surface area (Å²) in [5.41, 5.74) is 2.82. The highest BCUT2D eigenvalue weighted by atomic mass is 35.5. The van der Waals surface area contributed by atoms with Crippen LogP contribution in [0.5, 0.6) is 0 Å². The van der Waals surface area contributed by atoms with Gasteiger partial charge in [0.15, 0.2) is 0 Å². The van der Waals surface area contributed by atoms with E-state index in [0.717, 1.165) is 46.8 Å². The molecule has 0 bridgehead atoms. The Bertz CT molecular complexity index is 907. The number of halogens is 1. The Kier molecular flexibility index (Phi) is 5.86. The number of rotatable bonds is 4. The average Bonchev–Trinajstić information content (AvgIpc) is 3.30. The van der Waals surface area contributed by atoms with Crippen LogP contribution in [0.3, 0.4) is 0 Å². The fraction of sp³-hybridized carbons (Fsp3) is 0.263. The summed E-state index contributed by atoms with van der Waals surface area (Å²) in [4.78, 5) is 12.4. The Balaban J connectivity index is 0.00000196. The molecule has 1 atom stereocenters. The van der Waals surface area contributed by atoms with E-state index in [1.807, 2.05) is 59.5 Å². The van der Waals surface area contributed by atoms with Crippen molar-refractivity contribution in [3.8, 4) is 5.69 Å². The van der Waals surface area contributed by atoms with E-state index in [2.05, 4.69) is 10.6 Å². The average molecular weight is 389 g/mol. The molecule has 2 aromatic carbocycles. The molecule has 1 aromatic heterocycles. The monoisotopic (exact) mass is 388 g/mol. The number of nitrogens with zero attached hydrogens (tertiary/aromatic N) is 2. The SMILES string of the molecule is CSc1nn(-c2ccccc2)c2cc(NC(=O)C3CCNC3)ccc12.Cl. The van der Waals surface area contributed by atoms with Crippen LogP contribution in [0, 0.1) is 5.92 Å². The lowest BCUT2D eigenvalue weighted by Gasteiger charge is -2.10. The summed E-state index contributed by atoms with van der Waals surface area (Å²) in [6.07, 6.45) is 2.92. The second-order valence-corrected chi connectivity index (χ2v) is 6.96. The molecule has 1 saturated heterocycles. The standard InChI is InChI=1S/C19H20N4OS.ClH/c1-25-19-16-8-7-14(21-18(24)13-9-10-20-12-13)11-17(16)23(22-19)15-5-3-2-4-6-15;/h2-8,11,13,20H,9-10,12H2,1H3,(H,21,24);1H. The minimum atomic E-state index is 0. The molecule has 0 radical (unpaired) electrons. The third-order valence-corrected chi connectivity index (χ3v) is 5.23. The number of carbonyl (C=O) groups excluding carboxylic acids is 1. The summed E-state index contributed by atoms with van der Waals surface area (Å²) in [6, 6.07) is 16.1. The minimum Gasteiger partial charge on any atom is -0.326 e. The Morgan fingerprint density at radius 1 is 1.27 bits per heavy atom. The highest BCUT2D eigenvalue weighted by molar-refractivity contribution is 7.98. The molecule has 2 N–H and O–H groups in total. The second kappa shape index (κ2) is 8.12. The zero-order valence-corrected chi connectivity index (χ0v) is 16.1. The zero-order chi connectivity index (χ0) is 17.2. The van der Waals surface area contributed by atoms with E-state index in [9.17, 15) is 4.79 Å². The van der Waals surface area contributed by atoms with E-state index in [4.69, 9.17) is 5.10 Å².